The van der Waals surface area contributed by atoms with Gasteiger partial charge in [0.05, 0.1) is 0 Å². The molecule has 1 aliphatic carbocycles. The molecule has 0 radical (unpaired) electrons. The summed E-state index contributed by atoms with van der Waals surface area (Å²) in [5, 5.41) is 0. The van der Waals surface area contributed by atoms with E-state index in [0.717, 1.165) is 22.0 Å². The zero-order chi connectivity index (χ0) is 12.4. The molecule has 0 aliphatic heterocycles. The summed E-state index contributed by atoms with van der Waals surface area (Å²) in [5.74, 6) is -0.362. The Hall–Kier alpha value is -0.960. The summed E-state index contributed by atoms with van der Waals surface area (Å²) in [4.78, 5) is 23.9. The van der Waals surface area contributed by atoms with Gasteiger partial charge >= 0.3 is 0 Å². The van der Waals surface area contributed by atoms with Crippen LogP contribution in [-0.4, -0.2) is 11.6 Å². The highest BCUT2D eigenvalue weighted by Crippen LogP contribution is 2.31. The predicted octanol–water partition coefficient (Wildman–Crippen LogP) is 3.42. The van der Waals surface area contributed by atoms with Crippen LogP contribution in [0.15, 0.2) is 22.7 Å². The minimum absolute atomic E-state index is 0.0778. The molecule has 17 heavy (non-hydrogen) atoms. The second-order valence-corrected chi connectivity index (χ2v) is 5.33. The molecule has 1 aromatic rings. The number of halogens is 1. The number of hydrogen-bond acceptors (Lipinski definition) is 2. The maximum atomic E-state index is 11.9. The summed E-state index contributed by atoms with van der Waals surface area (Å²) in [7, 11) is 0. The van der Waals surface area contributed by atoms with Gasteiger partial charge in [0.1, 0.15) is 17.5 Å². The molecule has 3 heteroatoms. The highest BCUT2D eigenvalue weighted by molar-refractivity contribution is 9.10. The molecule has 90 valence electrons. The number of hydrogen-bond donors (Lipinski definition) is 0. The normalized spacial score (nSPS) is 17.5. The van der Waals surface area contributed by atoms with Gasteiger partial charge in [-0.25, -0.2) is 0 Å². The van der Waals surface area contributed by atoms with E-state index in [1.54, 1.807) is 0 Å². The van der Waals surface area contributed by atoms with Crippen molar-refractivity contribution in [3.05, 3.63) is 33.8 Å². The fraction of sp³-hybridized carbons (Fsp3) is 0.429. The van der Waals surface area contributed by atoms with Crippen molar-refractivity contribution in [1.29, 1.82) is 0 Å². The number of carbonyl (C=O) groups excluding carboxylic acids is 2. The molecule has 0 heterocycles. The molecule has 0 N–H and O–H groups in total. The summed E-state index contributed by atoms with van der Waals surface area (Å²) >= 11 is 3.41. The maximum Gasteiger partial charge on any atom is 0.147 e. The van der Waals surface area contributed by atoms with Crippen molar-refractivity contribution in [2.24, 2.45) is 0 Å². The summed E-state index contributed by atoms with van der Waals surface area (Å²) < 4.78 is 0.927. The van der Waals surface area contributed by atoms with Gasteiger partial charge < -0.3 is 0 Å². The number of rotatable bonds is 2. The van der Waals surface area contributed by atoms with Gasteiger partial charge in [-0.1, -0.05) is 28.9 Å². The van der Waals surface area contributed by atoms with Crippen molar-refractivity contribution in [1.82, 2.24) is 0 Å². The minimum atomic E-state index is -0.517. The van der Waals surface area contributed by atoms with Gasteiger partial charge in [-0.15, -0.1) is 0 Å². The van der Waals surface area contributed by atoms with Crippen LogP contribution < -0.4 is 0 Å². The Morgan fingerprint density at radius 1 is 1.24 bits per heavy atom. The van der Waals surface area contributed by atoms with Crippen LogP contribution in [0.5, 0.6) is 0 Å². The highest BCUT2D eigenvalue weighted by atomic mass is 79.9. The third kappa shape index (κ3) is 2.49. The average Bonchev–Trinajstić information content (AvgIpc) is 2.29. The fourth-order valence-corrected chi connectivity index (χ4v) is 2.79. The number of aryl methyl sites for hydroxylation is 1. The SMILES string of the molecule is CCc1ccc(Br)cc1C1C(=O)CCCC1=O. The van der Waals surface area contributed by atoms with Crippen LogP contribution in [0, 0.1) is 0 Å². The number of Topliss-reactive ketones (excluding diaryl/α,β-unsaturated/α-hetero) is 2. The van der Waals surface area contributed by atoms with Crippen LogP contribution in [0.1, 0.15) is 43.2 Å². The lowest BCUT2D eigenvalue weighted by Crippen LogP contribution is -2.27. The summed E-state index contributed by atoms with van der Waals surface area (Å²) in [5.41, 5.74) is 2.00. The van der Waals surface area contributed by atoms with Crippen molar-refractivity contribution in [2.45, 2.75) is 38.5 Å². The molecule has 2 nitrogen and oxygen atoms in total. The molecular formula is C14H15BrO2. The number of benzene rings is 1. The molecule has 0 unspecified atom stereocenters. The van der Waals surface area contributed by atoms with E-state index >= 15 is 0 Å². The van der Waals surface area contributed by atoms with Crippen molar-refractivity contribution in [3.8, 4) is 0 Å². The van der Waals surface area contributed by atoms with E-state index in [1.165, 1.54) is 0 Å². The zero-order valence-corrected chi connectivity index (χ0v) is 11.4. The van der Waals surface area contributed by atoms with Gasteiger partial charge in [-0.2, -0.15) is 0 Å². The molecule has 0 spiro atoms. The first-order valence-corrected chi connectivity index (χ1v) is 6.76. The molecule has 0 aromatic heterocycles. The van der Waals surface area contributed by atoms with Gasteiger partial charge in [0.2, 0.25) is 0 Å². The van der Waals surface area contributed by atoms with Crippen molar-refractivity contribution in [3.63, 3.8) is 0 Å². The van der Waals surface area contributed by atoms with E-state index in [0.29, 0.717) is 19.3 Å². The molecule has 0 amide bonds. The van der Waals surface area contributed by atoms with Crippen molar-refractivity contribution >= 4 is 27.5 Å². The van der Waals surface area contributed by atoms with E-state index in [1.807, 2.05) is 25.1 Å². The Kier molecular flexibility index (Phi) is 3.77. The molecular weight excluding hydrogens is 280 g/mol. The third-order valence-corrected chi connectivity index (χ3v) is 3.78. The topological polar surface area (TPSA) is 34.1 Å². The summed E-state index contributed by atoms with van der Waals surface area (Å²) in [6.07, 6.45) is 2.63. The molecule has 1 aliphatic rings. The van der Waals surface area contributed by atoms with Crippen LogP contribution in [-0.2, 0) is 16.0 Å². The lowest BCUT2D eigenvalue weighted by atomic mass is 9.80. The van der Waals surface area contributed by atoms with Crippen molar-refractivity contribution in [2.75, 3.05) is 0 Å². The van der Waals surface area contributed by atoms with Crippen LogP contribution in [0.4, 0.5) is 0 Å². The largest absolute Gasteiger partial charge is 0.299 e. The summed E-state index contributed by atoms with van der Waals surface area (Å²) in [6, 6.07) is 5.87. The molecule has 0 bridgehead atoms. The van der Waals surface area contributed by atoms with Crippen LogP contribution in [0.3, 0.4) is 0 Å². The van der Waals surface area contributed by atoms with Crippen LogP contribution in [0.2, 0.25) is 0 Å². The van der Waals surface area contributed by atoms with E-state index < -0.39 is 5.92 Å². The molecule has 0 saturated heterocycles. The lowest BCUT2D eigenvalue weighted by molar-refractivity contribution is -0.131. The second-order valence-electron chi connectivity index (χ2n) is 4.42. The molecule has 1 aromatic carbocycles. The van der Waals surface area contributed by atoms with Gasteiger partial charge in [0, 0.05) is 17.3 Å². The molecule has 1 saturated carbocycles. The first kappa shape index (κ1) is 12.5. The monoisotopic (exact) mass is 294 g/mol. The first-order chi connectivity index (χ1) is 8.13. The standard InChI is InChI=1S/C14H15BrO2/c1-2-9-6-7-10(15)8-11(9)14-12(16)4-3-5-13(14)17/h6-8,14H,2-5H2,1H3. The van der Waals surface area contributed by atoms with Gasteiger partial charge in [0.15, 0.2) is 0 Å². The highest BCUT2D eigenvalue weighted by Gasteiger charge is 2.32. The number of carbonyl (C=O) groups is 2. The first-order valence-electron chi connectivity index (χ1n) is 5.97. The quantitative estimate of drug-likeness (QED) is 0.783. The summed E-state index contributed by atoms with van der Waals surface area (Å²) in [6.45, 7) is 2.05. The van der Waals surface area contributed by atoms with Gasteiger partial charge in [-0.3, -0.25) is 9.59 Å². The third-order valence-electron chi connectivity index (χ3n) is 3.29. The minimum Gasteiger partial charge on any atom is -0.299 e. The van der Waals surface area contributed by atoms with E-state index in [9.17, 15) is 9.59 Å². The Morgan fingerprint density at radius 2 is 1.88 bits per heavy atom. The lowest BCUT2D eigenvalue weighted by Gasteiger charge is -2.22. The average molecular weight is 295 g/mol. The smallest absolute Gasteiger partial charge is 0.147 e. The number of ketones is 2. The van der Waals surface area contributed by atoms with E-state index in [4.69, 9.17) is 0 Å². The fourth-order valence-electron chi connectivity index (χ4n) is 2.41. The van der Waals surface area contributed by atoms with Crippen molar-refractivity contribution < 1.29 is 9.59 Å². The van der Waals surface area contributed by atoms with Crippen LogP contribution in [0.25, 0.3) is 0 Å². The molecule has 2 rings (SSSR count). The Bertz CT molecular complexity index is 449. The predicted molar refractivity (Wildman–Crippen MR) is 70.1 cm³/mol. The van der Waals surface area contributed by atoms with E-state index in [2.05, 4.69) is 15.9 Å². The van der Waals surface area contributed by atoms with Gasteiger partial charge in [-0.05, 0) is 36.1 Å². The Morgan fingerprint density at radius 3 is 2.47 bits per heavy atom. The van der Waals surface area contributed by atoms with E-state index in [-0.39, 0.29) is 11.6 Å². The maximum absolute atomic E-state index is 11.9. The Balaban J connectivity index is 2.47. The van der Waals surface area contributed by atoms with Gasteiger partial charge in [0.25, 0.3) is 0 Å². The molecule has 0 atom stereocenters. The molecule has 1 fully saturated rings. The second kappa shape index (κ2) is 5.13. The van der Waals surface area contributed by atoms with Crippen LogP contribution >= 0.6 is 15.9 Å². The Labute approximate surface area is 110 Å². The zero-order valence-electron chi connectivity index (χ0n) is 9.83.